The number of nitrogens with two attached hydrogens (primary N) is 1. The third kappa shape index (κ3) is 4.41. The van der Waals surface area contributed by atoms with Gasteiger partial charge in [0.2, 0.25) is 11.9 Å². The van der Waals surface area contributed by atoms with Crippen molar-refractivity contribution in [2.45, 2.75) is 25.3 Å². The molecule has 1 aromatic heterocycles. The quantitative estimate of drug-likeness (QED) is 0.583. The number of nitrogens with one attached hydrogen (secondary N) is 1. The molecule has 2 fully saturated rings. The van der Waals surface area contributed by atoms with Crippen molar-refractivity contribution in [1.29, 1.82) is 0 Å². The van der Waals surface area contributed by atoms with E-state index in [9.17, 15) is 4.79 Å². The Morgan fingerprint density at radius 3 is 2.41 bits per heavy atom. The van der Waals surface area contributed by atoms with Crippen LogP contribution in [0.15, 0.2) is 60.8 Å². The molecule has 3 N–H and O–H groups in total. The number of carbonyl (C=O) groups is 1. The lowest BCUT2D eigenvalue weighted by Gasteiger charge is -2.34. The maximum Gasteiger partial charge on any atom is 0.243 e. The fourth-order valence-corrected chi connectivity index (χ4v) is 4.73. The largest absolute Gasteiger partial charge is 0.378 e. The van der Waals surface area contributed by atoms with E-state index in [0.29, 0.717) is 5.95 Å². The zero-order valence-corrected chi connectivity index (χ0v) is 19.4. The van der Waals surface area contributed by atoms with Gasteiger partial charge in [-0.15, -0.1) is 0 Å². The number of hydrogen-bond acceptors (Lipinski definition) is 7. The molecule has 2 aliphatic heterocycles. The van der Waals surface area contributed by atoms with Gasteiger partial charge in [0.25, 0.3) is 0 Å². The molecule has 176 valence electrons. The Labute approximate surface area is 199 Å². The maximum atomic E-state index is 12.0. The summed E-state index contributed by atoms with van der Waals surface area (Å²) in [5.41, 5.74) is 9.99. The van der Waals surface area contributed by atoms with Gasteiger partial charge in [-0.1, -0.05) is 12.1 Å². The molecule has 34 heavy (non-hydrogen) atoms. The van der Waals surface area contributed by atoms with Crippen LogP contribution in [0.1, 0.15) is 19.8 Å². The number of anilines is 4. The van der Waals surface area contributed by atoms with Crippen LogP contribution in [0, 0.1) is 0 Å². The monoisotopic (exact) mass is 458 g/mol. The number of morpholine rings is 1. The van der Waals surface area contributed by atoms with E-state index in [1.54, 1.807) is 6.20 Å². The first kappa shape index (κ1) is 22.2. The van der Waals surface area contributed by atoms with Crippen molar-refractivity contribution in [2.24, 2.45) is 5.73 Å². The van der Waals surface area contributed by atoms with E-state index >= 15 is 0 Å². The Hall–Kier alpha value is -3.65. The summed E-state index contributed by atoms with van der Waals surface area (Å²) in [6.45, 7) is 6.11. The summed E-state index contributed by atoms with van der Waals surface area (Å²) in [5, 5.41) is 3.30. The smallest absolute Gasteiger partial charge is 0.243 e. The van der Waals surface area contributed by atoms with E-state index in [0.717, 1.165) is 68.3 Å². The fourth-order valence-electron chi connectivity index (χ4n) is 4.73. The van der Waals surface area contributed by atoms with Crippen molar-refractivity contribution in [3.05, 3.63) is 60.8 Å². The number of hydrogen-bond donors (Lipinski definition) is 2. The Morgan fingerprint density at radius 2 is 1.71 bits per heavy atom. The molecule has 8 heteroatoms. The average Bonchev–Trinajstić information content (AvgIpc) is 3.28. The van der Waals surface area contributed by atoms with E-state index in [1.165, 1.54) is 5.69 Å². The minimum atomic E-state index is -0.634. The van der Waals surface area contributed by atoms with Gasteiger partial charge in [-0.25, -0.2) is 9.97 Å². The topological polar surface area (TPSA) is 96.6 Å². The van der Waals surface area contributed by atoms with Crippen LogP contribution in [-0.2, 0) is 9.53 Å². The van der Waals surface area contributed by atoms with Gasteiger partial charge in [0.15, 0.2) is 0 Å². The van der Waals surface area contributed by atoms with Crippen LogP contribution in [0.3, 0.4) is 0 Å². The standard InChI is InChI=1S/C26H30N6O2/c1-26(24(27)33)12-2-14-32(26)22-7-3-19(4-8-22)23-11-13-28-25(30-23)29-20-5-9-21(10-6-20)31-15-17-34-18-16-31/h3-11,13H,2,12,14-18H2,1H3,(H2,27,33)(H,28,29,30)/t26-/m0/s1. The molecule has 0 spiro atoms. The van der Waals surface area contributed by atoms with Crippen molar-refractivity contribution < 1.29 is 9.53 Å². The second-order valence-corrected chi connectivity index (χ2v) is 8.98. The number of nitrogens with zero attached hydrogens (tertiary/aromatic N) is 4. The van der Waals surface area contributed by atoms with Crippen molar-refractivity contribution in [3.8, 4) is 11.3 Å². The molecule has 1 atom stereocenters. The Kier molecular flexibility index (Phi) is 6.06. The molecule has 2 saturated heterocycles. The summed E-state index contributed by atoms with van der Waals surface area (Å²) in [6.07, 6.45) is 3.49. The van der Waals surface area contributed by atoms with Gasteiger partial charge in [0, 0.05) is 48.5 Å². The molecule has 0 saturated carbocycles. The number of rotatable bonds is 6. The maximum absolute atomic E-state index is 12.0. The van der Waals surface area contributed by atoms with Crippen LogP contribution in [0.2, 0.25) is 0 Å². The third-order valence-electron chi connectivity index (χ3n) is 6.80. The minimum absolute atomic E-state index is 0.279. The predicted octanol–water partition coefficient (Wildman–Crippen LogP) is 3.57. The Balaban J connectivity index is 1.29. The number of amides is 1. The van der Waals surface area contributed by atoms with E-state index in [1.807, 2.05) is 49.4 Å². The van der Waals surface area contributed by atoms with E-state index in [2.05, 4.69) is 32.2 Å². The highest BCUT2D eigenvalue weighted by Gasteiger charge is 2.41. The summed E-state index contributed by atoms with van der Waals surface area (Å²) in [4.78, 5) is 25.5. The van der Waals surface area contributed by atoms with Crippen LogP contribution < -0.4 is 20.9 Å². The normalized spacial score (nSPS) is 20.4. The van der Waals surface area contributed by atoms with Crippen LogP contribution in [-0.4, -0.2) is 54.3 Å². The molecule has 1 amide bonds. The number of ether oxygens (including phenoxy) is 1. The van der Waals surface area contributed by atoms with E-state index in [-0.39, 0.29) is 5.91 Å². The fraction of sp³-hybridized carbons (Fsp3) is 0.346. The summed E-state index contributed by atoms with van der Waals surface area (Å²) in [5.74, 6) is 0.264. The molecule has 0 aliphatic carbocycles. The zero-order valence-electron chi connectivity index (χ0n) is 19.4. The molecule has 5 rings (SSSR count). The van der Waals surface area contributed by atoms with Crippen molar-refractivity contribution in [2.75, 3.05) is 48.0 Å². The number of carbonyl (C=O) groups excluding carboxylic acids is 1. The highest BCUT2D eigenvalue weighted by molar-refractivity contribution is 5.89. The molecule has 2 aliphatic rings. The molecule has 3 aromatic rings. The lowest BCUT2D eigenvalue weighted by atomic mass is 9.97. The highest BCUT2D eigenvalue weighted by atomic mass is 16.5. The highest BCUT2D eigenvalue weighted by Crippen LogP contribution is 2.34. The second-order valence-electron chi connectivity index (χ2n) is 8.98. The van der Waals surface area contributed by atoms with Gasteiger partial charge >= 0.3 is 0 Å². The molecule has 3 heterocycles. The van der Waals surface area contributed by atoms with Gasteiger partial charge in [0.1, 0.15) is 5.54 Å². The summed E-state index contributed by atoms with van der Waals surface area (Å²) in [6, 6.07) is 18.3. The first-order valence-electron chi connectivity index (χ1n) is 11.7. The van der Waals surface area contributed by atoms with Crippen molar-refractivity contribution >= 4 is 28.9 Å². The molecule has 0 unspecified atom stereocenters. The van der Waals surface area contributed by atoms with Gasteiger partial charge in [0.05, 0.1) is 18.9 Å². The lowest BCUT2D eigenvalue weighted by molar-refractivity contribution is -0.122. The Bertz CT molecular complexity index is 1140. The second kappa shape index (κ2) is 9.30. The van der Waals surface area contributed by atoms with E-state index in [4.69, 9.17) is 15.5 Å². The summed E-state index contributed by atoms with van der Waals surface area (Å²) < 4.78 is 5.43. The zero-order chi connectivity index (χ0) is 23.5. The molecular formula is C26H30N6O2. The molecule has 2 aromatic carbocycles. The SMILES string of the molecule is C[C@@]1(C(N)=O)CCCN1c1ccc(-c2ccnc(Nc3ccc(N4CCOCC4)cc3)n2)cc1. The third-order valence-corrected chi connectivity index (χ3v) is 6.80. The Morgan fingerprint density at radius 1 is 1.00 bits per heavy atom. The minimum Gasteiger partial charge on any atom is -0.378 e. The molecule has 0 radical (unpaired) electrons. The van der Waals surface area contributed by atoms with Gasteiger partial charge in [-0.2, -0.15) is 0 Å². The summed E-state index contributed by atoms with van der Waals surface area (Å²) in [7, 11) is 0. The van der Waals surface area contributed by atoms with Crippen molar-refractivity contribution in [1.82, 2.24) is 9.97 Å². The number of primary amides is 1. The van der Waals surface area contributed by atoms with E-state index < -0.39 is 5.54 Å². The van der Waals surface area contributed by atoms with Crippen LogP contribution in [0.4, 0.5) is 23.0 Å². The summed E-state index contributed by atoms with van der Waals surface area (Å²) >= 11 is 0. The van der Waals surface area contributed by atoms with Crippen LogP contribution in [0.5, 0.6) is 0 Å². The van der Waals surface area contributed by atoms with Crippen LogP contribution >= 0.6 is 0 Å². The number of aromatic nitrogens is 2. The number of benzene rings is 2. The van der Waals surface area contributed by atoms with Gasteiger partial charge in [-0.05, 0) is 62.2 Å². The van der Waals surface area contributed by atoms with Gasteiger partial charge < -0.3 is 25.6 Å². The van der Waals surface area contributed by atoms with Crippen molar-refractivity contribution in [3.63, 3.8) is 0 Å². The van der Waals surface area contributed by atoms with Crippen LogP contribution in [0.25, 0.3) is 11.3 Å². The lowest BCUT2D eigenvalue weighted by Crippen LogP contribution is -2.51. The van der Waals surface area contributed by atoms with Gasteiger partial charge in [-0.3, -0.25) is 4.79 Å². The predicted molar refractivity (Wildman–Crippen MR) is 134 cm³/mol. The molecule has 8 nitrogen and oxygen atoms in total. The first-order valence-corrected chi connectivity index (χ1v) is 11.7. The molecule has 0 bridgehead atoms. The molecular weight excluding hydrogens is 428 g/mol. The average molecular weight is 459 g/mol. The first-order chi connectivity index (χ1) is 16.5.